The molecule has 0 spiro atoms. The lowest BCUT2D eigenvalue weighted by Crippen LogP contribution is -2.24. The molecule has 0 unspecified atom stereocenters. The number of phenolic OH excluding ortho intramolecular Hbond substituents is 1. The van der Waals surface area contributed by atoms with Crippen molar-refractivity contribution in [3.8, 4) is 17.2 Å². The minimum absolute atomic E-state index is 0.103. The first-order chi connectivity index (χ1) is 13.7. The maximum atomic E-state index is 13.2. The molecule has 0 aliphatic carbocycles. The van der Waals surface area contributed by atoms with Crippen LogP contribution in [0, 0.1) is 0 Å². The Hall–Kier alpha value is -3.21. The minimum Gasteiger partial charge on any atom is -0.508 e. The van der Waals surface area contributed by atoms with Crippen molar-refractivity contribution in [3.05, 3.63) is 77.1 Å². The monoisotopic (exact) mass is 379 g/mol. The number of pyridine rings is 1. The van der Waals surface area contributed by atoms with Crippen LogP contribution in [-0.4, -0.2) is 16.3 Å². The van der Waals surface area contributed by atoms with Gasteiger partial charge in [-0.3, -0.25) is 4.79 Å². The van der Waals surface area contributed by atoms with Gasteiger partial charge < -0.3 is 19.1 Å². The Balaban J connectivity index is 2.15. The Kier molecular flexibility index (Phi) is 6.37. The third-order valence-corrected chi connectivity index (χ3v) is 4.47. The minimum atomic E-state index is -0.267. The second-order valence-electron chi connectivity index (χ2n) is 6.54. The summed E-state index contributed by atoms with van der Waals surface area (Å²) in [5.74, 6) is 0.662. The van der Waals surface area contributed by atoms with Crippen molar-refractivity contribution >= 4 is 10.9 Å². The highest BCUT2D eigenvalue weighted by Crippen LogP contribution is 2.35. The van der Waals surface area contributed by atoms with E-state index in [4.69, 9.17) is 9.47 Å². The molecule has 1 aromatic heterocycles. The third kappa shape index (κ3) is 4.19. The number of rotatable bonds is 9. The van der Waals surface area contributed by atoms with Crippen molar-refractivity contribution in [1.29, 1.82) is 0 Å². The topological polar surface area (TPSA) is 60.7 Å². The molecule has 2 aromatic carbocycles. The zero-order valence-corrected chi connectivity index (χ0v) is 16.1. The van der Waals surface area contributed by atoms with Gasteiger partial charge in [-0.2, -0.15) is 0 Å². The fourth-order valence-corrected chi connectivity index (χ4v) is 3.07. The molecule has 0 bridgehead atoms. The normalized spacial score (nSPS) is 10.8. The maximum absolute atomic E-state index is 13.2. The summed E-state index contributed by atoms with van der Waals surface area (Å²) in [6, 6.07) is 14.7. The van der Waals surface area contributed by atoms with E-state index in [0.717, 1.165) is 23.8 Å². The molecule has 0 aliphatic rings. The summed E-state index contributed by atoms with van der Waals surface area (Å²) in [5, 5.41) is 10.7. The standard InChI is InChI=1S/C23H25NO4/c1-3-5-13-24-20-15-18(25)11-12-19(20)21(22(23(24)26)27-14-4-2)28-16-17-9-7-6-8-10-17/h4,6-12,15,25H,2-3,5,13-14,16H2,1H3. The van der Waals surface area contributed by atoms with Crippen molar-refractivity contribution in [3.63, 3.8) is 0 Å². The van der Waals surface area contributed by atoms with E-state index in [1.54, 1.807) is 28.8 Å². The second kappa shape index (κ2) is 9.13. The van der Waals surface area contributed by atoms with E-state index in [0.29, 0.717) is 24.4 Å². The Bertz CT molecular complexity index is 1010. The van der Waals surface area contributed by atoms with E-state index in [2.05, 4.69) is 13.5 Å². The molecule has 1 heterocycles. The molecule has 5 heteroatoms. The number of aryl methyl sites for hydroxylation is 1. The van der Waals surface area contributed by atoms with Crippen molar-refractivity contribution in [1.82, 2.24) is 4.57 Å². The number of hydrogen-bond donors (Lipinski definition) is 1. The summed E-state index contributed by atoms with van der Waals surface area (Å²) >= 11 is 0. The molecule has 3 rings (SSSR count). The molecule has 0 saturated heterocycles. The molecular weight excluding hydrogens is 354 g/mol. The van der Waals surface area contributed by atoms with Gasteiger partial charge in [0.2, 0.25) is 5.75 Å². The molecule has 0 aliphatic heterocycles. The predicted molar refractivity (Wildman–Crippen MR) is 111 cm³/mol. The van der Waals surface area contributed by atoms with Crippen molar-refractivity contribution < 1.29 is 14.6 Å². The summed E-state index contributed by atoms with van der Waals surface area (Å²) < 4.78 is 13.4. The van der Waals surface area contributed by atoms with Gasteiger partial charge in [-0.1, -0.05) is 56.3 Å². The van der Waals surface area contributed by atoms with Crippen molar-refractivity contribution in [2.45, 2.75) is 32.9 Å². The van der Waals surface area contributed by atoms with E-state index < -0.39 is 0 Å². The number of benzene rings is 2. The predicted octanol–water partition coefficient (Wildman–Crippen LogP) is 4.65. The molecule has 0 saturated carbocycles. The van der Waals surface area contributed by atoms with Crippen LogP contribution in [0.25, 0.3) is 10.9 Å². The molecule has 0 fully saturated rings. The lowest BCUT2D eigenvalue weighted by molar-refractivity contribution is 0.274. The fourth-order valence-electron chi connectivity index (χ4n) is 3.07. The van der Waals surface area contributed by atoms with Crippen LogP contribution in [0.4, 0.5) is 0 Å². The van der Waals surface area contributed by atoms with Crippen LogP contribution in [-0.2, 0) is 13.2 Å². The quantitative estimate of drug-likeness (QED) is 0.550. The van der Waals surface area contributed by atoms with Gasteiger partial charge in [-0.15, -0.1) is 0 Å². The molecule has 1 N–H and O–H groups in total. The number of fused-ring (bicyclic) bond motifs is 1. The average molecular weight is 379 g/mol. The molecule has 0 amide bonds. The van der Waals surface area contributed by atoms with Crippen LogP contribution in [0.5, 0.6) is 17.2 Å². The number of hydrogen-bond acceptors (Lipinski definition) is 4. The van der Waals surface area contributed by atoms with Crippen LogP contribution < -0.4 is 15.0 Å². The first-order valence-electron chi connectivity index (χ1n) is 9.45. The number of nitrogens with zero attached hydrogens (tertiary/aromatic N) is 1. The first kappa shape index (κ1) is 19.5. The van der Waals surface area contributed by atoms with Gasteiger partial charge >= 0.3 is 0 Å². The molecule has 0 atom stereocenters. The van der Waals surface area contributed by atoms with Gasteiger partial charge in [0.15, 0.2) is 5.75 Å². The maximum Gasteiger partial charge on any atom is 0.297 e. The van der Waals surface area contributed by atoms with Gasteiger partial charge in [0.25, 0.3) is 5.56 Å². The molecular formula is C23H25NO4. The summed E-state index contributed by atoms with van der Waals surface area (Å²) in [7, 11) is 0. The van der Waals surface area contributed by atoms with Crippen LogP contribution >= 0.6 is 0 Å². The van der Waals surface area contributed by atoms with E-state index in [1.807, 2.05) is 30.3 Å². The Morgan fingerprint density at radius 3 is 2.61 bits per heavy atom. The fraction of sp³-hybridized carbons (Fsp3) is 0.261. The third-order valence-electron chi connectivity index (χ3n) is 4.47. The van der Waals surface area contributed by atoms with E-state index in [9.17, 15) is 9.90 Å². The Labute approximate surface area is 164 Å². The Morgan fingerprint density at radius 2 is 1.89 bits per heavy atom. The van der Waals surface area contributed by atoms with Crippen molar-refractivity contribution in [2.75, 3.05) is 6.61 Å². The smallest absolute Gasteiger partial charge is 0.297 e. The largest absolute Gasteiger partial charge is 0.508 e. The molecule has 28 heavy (non-hydrogen) atoms. The zero-order chi connectivity index (χ0) is 19.9. The number of aromatic nitrogens is 1. The number of ether oxygens (including phenoxy) is 2. The highest BCUT2D eigenvalue weighted by atomic mass is 16.5. The molecule has 3 aromatic rings. The van der Waals surface area contributed by atoms with E-state index in [-0.39, 0.29) is 23.7 Å². The number of aromatic hydroxyl groups is 1. The lowest BCUT2D eigenvalue weighted by atomic mass is 10.1. The van der Waals surface area contributed by atoms with Gasteiger partial charge in [-0.25, -0.2) is 0 Å². The lowest BCUT2D eigenvalue weighted by Gasteiger charge is -2.18. The van der Waals surface area contributed by atoms with Gasteiger partial charge in [-0.05, 0) is 24.1 Å². The van der Waals surface area contributed by atoms with Crippen LogP contribution in [0.2, 0.25) is 0 Å². The average Bonchev–Trinajstić information content (AvgIpc) is 2.71. The van der Waals surface area contributed by atoms with Crippen LogP contribution in [0.3, 0.4) is 0 Å². The zero-order valence-electron chi connectivity index (χ0n) is 16.1. The summed E-state index contributed by atoms with van der Waals surface area (Å²) in [5.41, 5.74) is 1.35. The molecule has 146 valence electrons. The highest BCUT2D eigenvalue weighted by molar-refractivity contribution is 5.89. The first-order valence-corrected chi connectivity index (χ1v) is 9.45. The van der Waals surface area contributed by atoms with Gasteiger partial charge in [0.1, 0.15) is 19.0 Å². The second-order valence-corrected chi connectivity index (χ2v) is 6.54. The molecule has 0 radical (unpaired) electrons. The Morgan fingerprint density at radius 1 is 1.11 bits per heavy atom. The SMILES string of the molecule is C=CCOc1c(OCc2ccccc2)c2ccc(O)cc2n(CCCC)c1=O. The highest BCUT2D eigenvalue weighted by Gasteiger charge is 2.20. The van der Waals surface area contributed by atoms with Crippen LogP contribution in [0.1, 0.15) is 25.3 Å². The summed E-state index contributed by atoms with van der Waals surface area (Å²) in [4.78, 5) is 13.2. The number of unbranched alkanes of at least 4 members (excludes halogenated alkanes) is 1. The summed E-state index contributed by atoms with van der Waals surface area (Å²) in [6.07, 6.45) is 3.38. The molecule has 5 nitrogen and oxygen atoms in total. The van der Waals surface area contributed by atoms with E-state index >= 15 is 0 Å². The van der Waals surface area contributed by atoms with Crippen LogP contribution in [0.15, 0.2) is 66.0 Å². The van der Waals surface area contributed by atoms with Gasteiger partial charge in [0, 0.05) is 18.0 Å². The number of phenols is 1. The van der Waals surface area contributed by atoms with Gasteiger partial charge in [0.05, 0.1) is 5.52 Å². The van der Waals surface area contributed by atoms with E-state index in [1.165, 1.54) is 0 Å². The van der Waals surface area contributed by atoms with Crippen molar-refractivity contribution in [2.24, 2.45) is 0 Å². The summed E-state index contributed by atoms with van der Waals surface area (Å²) in [6.45, 7) is 6.78.